The average Bonchev–Trinajstić information content (AvgIpc) is 2.67. The van der Waals surface area contributed by atoms with Crippen LogP contribution < -0.4 is 15.0 Å². The third kappa shape index (κ3) is 4.58. The van der Waals surface area contributed by atoms with Gasteiger partial charge in [-0.2, -0.15) is 10.1 Å². The third-order valence-electron chi connectivity index (χ3n) is 3.80. The van der Waals surface area contributed by atoms with Crippen LogP contribution in [0.1, 0.15) is 5.56 Å². The highest BCUT2D eigenvalue weighted by Gasteiger charge is 2.09. The summed E-state index contributed by atoms with van der Waals surface area (Å²) in [5.41, 5.74) is 1.92. The Balaban J connectivity index is 1.71. The highest BCUT2D eigenvalue weighted by molar-refractivity contribution is 6.31. The minimum absolute atomic E-state index is 0.532. The lowest BCUT2D eigenvalue weighted by molar-refractivity contribution is 0.417. The first kappa shape index (κ1) is 17.9. The van der Waals surface area contributed by atoms with Gasteiger partial charge in [0.2, 0.25) is 5.95 Å². The molecule has 3 aromatic rings. The quantitative estimate of drug-likeness (QED) is 0.683. The number of hydrogen-bond acceptors (Lipinski definition) is 7. The first-order valence-corrected chi connectivity index (χ1v) is 8.44. The molecule has 134 valence electrons. The number of rotatable bonds is 7. The van der Waals surface area contributed by atoms with Gasteiger partial charge in [-0.1, -0.05) is 11.6 Å². The van der Waals surface area contributed by atoms with E-state index >= 15 is 0 Å². The average molecular weight is 371 g/mol. The van der Waals surface area contributed by atoms with Crippen molar-refractivity contribution in [2.24, 2.45) is 0 Å². The standard InChI is InChI=1S/C18H19ClN6O/c1-25(10-7-13-5-8-20-9-6-13)18-23-17(12-21-24-18)22-15-11-14(19)3-4-16(15)26-2/h3-6,8-9,11-12H,7,10H2,1-2H3,(H,22,23,24). The van der Waals surface area contributed by atoms with Crippen molar-refractivity contribution in [3.05, 3.63) is 59.5 Å². The van der Waals surface area contributed by atoms with Crippen molar-refractivity contribution in [3.8, 4) is 5.75 Å². The van der Waals surface area contributed by atoms with Gasteiger partial charge in [-0.05, 0) is 42.3 Å². The van der Waals surface area contributed by atoms with Crippen LogP contribution in [0, 0.1) is 0 Å². The van der Waals surface area contributed by atoms with Crippen LogP contribution in [0.2, 0.25) is 5.02 Å². The molecule has 0 aliphatic heterocycles. The summed E-state index contributed by atoms with van der Waals surface area (Å²) >= 11 is 6.06. The summed E-state index contributed by atoms with van der Waals surface area (Å²) < 4.78 is 5.34. The van der Waals surface area contributed by atoms with Crippen LogP contribution in [-0.2, 0) is 6.42 Å². The molecule has 0 amide bonds. The first-order chi connectivity index (χ1) is 12.7. The number of methoxy groups -OCH3 is 1. The second-order valence-electron chi connectivity index (χ2n) is 5.64. The molecule has 0 aliphatic rings. The van der Waals surface area contributed by atoms with Crippen LogP contribution in [-0.4, -0.2) is 40.9 Å². The molecule has 0 radical (unpaired) electrons. The fourth-order valence-electron chi connectivity index (χ4n) is 2.38. The normalized spacial score (nSPS) is 10.4. The van der Waals surface area contributed by atoms with Gasteiger partial charge in [0.25, 0.3) is 0 Å². The van der Waals surface area contributed by atoms with E-state index in [0.717, 1.165) is 13.0 Å². The van der Waals surface area contributed by atoms with Gasteiger partial charge in [-0.25, -0.2) is 0 Å². The molecule has 0 unspecified atom stereocenters. The van der Waals surface area contributed by atoms with Crippen molar-refractivity contribution >= 4 is 29.1 Å². The minimum Gasteiger partial charge on any atom is -0.495 e. The molecule has 8 heteroatoms. The summed E-state index contributed by atoms with van der Waals surface area (Å²) in [4.78, 5) is 10.5. The summed E-state index contributed by atoms with van der Waals surface area (Å²) in [6.45, 7) is 0.760. The summed E-state index contributed by atoms with van der Waals surface area (Å²) in [6, 6.07) is 9.32. The van der Waals surface area contributed by atoms with E-state index in [0.29, 0.717) is 28.2 Å². The number of likely N-dealkylation sites (N-methyl/N-ethyl adjacent to an activating group) is 1. The first-order valence-electron chi connectivity index (χ1n) is 8.06. The van der Waals surface area contributed by atoms with Crippen LogP contribution >= 0.6 is 11.6 Å². The van der Waals surface area contributed by atoms with Gasteiger partial charge in [0.15, 0.2) is 5.82 Å². The van der Waals surface area contributed by atoms with E-state index in [1.807, 2.05) is 24.1 Å². The summed E-state index contributed by atoms with van der Waals surface area (Å²) in [5, 5.41) is 11.9. The second kappa shape index (κ2) is 8.44. The Morgan fingerprint density at radius 1 is 1.19 bits per heavy atom. The van der Waals surface area contributed by atoms with Crippen LogP contribution in [0.15, 0.2) is 48.9 Å². The molecule has 1 N–H and O–H groups in total. The van der Waals surface area contributed by atoms with E-state index in [9.17, 15) is 0 Å². The summed E-state index contributed by atoms with van der Waals surface area (Å²) in [6.07, 6.45) is 6.00. The molecule has 0 atom stereocenters. The zero-order valence-electron chi connectivity index (χ0n) is 14.6. The van der Waals surface area contributed by atoms with E-state index in [-0.39, 0.29) is 0 Å². The molecule has 26 heavy (non-hydrogen) atoms. The maximum atomic E-state index is 6.06. The highest BCUT2D eigenvalue weighted by atomic mass is 35.5. The molecule has 1 aromatic carbocycles. The Morgan fingerprint density at radius 3 is 2.77 bits per heavy atom. The Bertz CT molecular complexity index is 861. The SMILES string of the molecule is COc1ccc(Cl)cc1Nc1cnnc(N(C)CCc2ccncc2)n1. The van der Waals surface area contributed by atoms with Gasteiger partial charge in [0.05, 0.1) is 19.0 Å². The number of halogens is 1. The maximum Gasteiger partial charge on any atom is 0.247 e. The molecular formula is C18H19ClN6O. The number of benzene rings is 1. The Labute approximate surface area is 157 Å². The number of hydrogen-bond donors (Lipinski definition) is 1. The van der Waals surface area contributed by atoms with Crippen molar-refractivity contribution in [1.29, 1.82) is 0 Å². The lowest BCUT2D eigenvalue weighted by Crippen LogP contribution is -2.23. The summed E-state index contributed by atoms with van der Waals surface area (Å²) in [7, 11) is 3.53. The zero-order chi connectivity index (χ0) is 18.4. The molecule has 0 saturated heterocycles. The Hall–Kier alpha value is -2.93. The monoisotopic (exact) mass is 370 g/mol. The van der Waals surface area contributed by atoms with E-state index in [2.05, 4.69) is 25.5 Å². The van der Waals surface area contributed by atoms with Crippen LogP contribution in [0.5, 0.6) is 5.75 Å². The number of anilines is 3. The number of aromatic nitrogens is 4. The molecule has 3 rings (SSSR count). The van der Waals surface area contributed by atoms with Crippen molar-refractivity contribution in [1.82, 2.24) is 20.2 Å². The molecule has 7 nitrogen and oxygen atoms in total. The smallest absolute Gasteiger partial charge is 0.247 e. The number of nitrogens with zero attached hydrogens (tertiary/aromatic N) is 5. The van der Waals surface area contributed by atoms with Gasteiger partial charge in [-0.3, -0.25) is 4.98 Å². The van der Waals surface area contributed by atoms with Gasteiger partial charge in [0, 0.05) is 31.0 Å². The van der Waals surface area contributed by atoms with E-state index in [1.165, 1.54) is 5.56 Å². The predicted octanol–water partition coefficient (Wildman–Crippen LogP) is 3.35. The number of ether oxygens (including phenoxy) is 1. The van der Waals surface area contributed by atoms with Crippen molar-refractivity contribution < 1.29 is 4.74 Å². The molecule has 2 aromatic heterocycles. The number of pyridine rings is 1. The largest absolute Gasteiger partial charge is 0.495 e. The molecule has 0 spiro atoms. The topological polar surface area (TPSA) is 76.1 Å². The van der Waals surface area contributed by atoms with Crippen molar-refractivity contribution in [3.63, 3.8) is 0 Å². The van der Waals surface area contributed by atoms with Crippen molar-refractivity contribution in [2.45, 2.75) is 6.42 Å². The zero-order valence-corrected chi connectivity index (χ0v) is 15.3. The molecular weight excluding hydrogens is 352 g/mol. The van der Waals surface area contributed by atoms with Gasteiger partial charge in [0.1, 0.15) is 5.75 Å². The maximum absolute atomic E-state index is 6.06. The predicted molar refractivity (Wildman–Crippen MR) is 102 cm³/mol. The second-order valence-corrected chi connectivity index (χ2v) is 6.07. The Kier molecular flexibility index (Phi) is 5.80. The number of nitrogens with one attached hydrogen (secondary N) is 1. The molecule has 2 heterocycles. The van der Waals surface area contributed by atoms with Gasteiger partial charge < -0.3 is 15.0 Å². The third-order valence-corrected chi connectivity index (χ3v) is 4.03. The molecule has 0 aliphatic carbocycles. The van der Waals surface area contributed by atoms with E-state index in [4.69, 9.17) is 16.3 Å². The Morgan fingerprint density at radius 2 is 2.00 bits per heavy atom. The molecule has 0 bridgehead atoms. The minimum atomic E-state index is 0.532. The van der Waals surface area contributed by atoms with Crippen LogP contribution in [0.4, 0.5) is 17.5 Å². The van der Waals surface area contributed by atoms with Gasteiger partial charge in [-0.15, -0.1) is 5.10 Å². The molecule has 0 fully saturated rings. The van der Waals surface area contributed by atoms with Gasteiger partial charge >= 0.3 is 0 Å². The van der Waals surface area contributed by atoms with Crippen LogP contribution in [0.3, 0.4) is 0 Å². The summed E-state index contributed by atoms with van der Waals surface area (Å²) in [5.74, 6) is 1.76. The van der Waals surface area contributed by atoms with E-state index in [1.54, 1.807) is 43.9 Å². The lowest BCUT2D eigenvalue weighted by Gasteiger charge is -2.17. The fourth-order valence-corrected chi connectivity index (χ4v) is 2.55. The van der Waals surface area contributed by atoms with Crippen LogP contribution in [0.25, 0.3) is 0 Å². The fraction of sp³-hybridized carbons (Fsp3) is 0.222. The van der Waals surface area contributed by atoms with E-state index < -0.39 is 0 Å². The highest BCUT2D eigenvalue weighted by Crippen LogP contribution is 2.29. The van der Waals surface area contributed by atoms with Crippen molar-refractivity contribution in [2.75, 3.05) is 30.9 Å². The molecule has 0 saturated carbocycles. The lowest BCUT2D eigenvalue weighted by atomic mass is 10.2.